The second-order valence-electron chi connectivity index (χ2n) is 10.7. The lowest BCUT2D eigenvalue weighted by Crippen LogP contribution is -2.64. The van der Waals surface area contributed by atoms with Crippen LogP contribution in [0.15, 0.2) is 66.7 Å². The van der Waals surface area contributed by atoms with Crippen LogP contribution < -0.4 is 16.4 Å². The normalized spacial score (nSPS) is 17.8. The fraction of sp³-hybridized carbons (Fsp3) is 0.323. The molecule has 5 rings (SSSR count). The highest BCUT2D eigenvalue weighted by atomic mass is 16.2. The largest absolute Gasteiger partial charge is 0.368 e. The van der Waals surface area contributed by atoms with Crippen LogP contribution in [0.1, 0.15) is 44.0 Å². The van der Waals surface area contributed by atoms with Crippen LogP contribution in [0.4, 0.5) is 0 Å². The SMILES string of the molecule is CC(=O)N[C@@]1(C(=O)N[C@H](C(N)=O)C(C)C)CCc2c(c3ccccc3n2Cc2ccc3ccccc3c2)C1. The first-order valence-electron chi connectivity index (χ1n) is 13.1. The Labute approximate surface area is 222 Å². The van der Waals surface area contributed by atoms with E-state index in [0.29, 0.717) is 25.8 Å². The Hall–Kier alpha value is -4.13. The van der Waals surface area contributed by atoms with Gasteiger partial charge >= 0.3 is 0 Å². The molecule has 0 fully saturated rings. The number of hydrogen-bond donors (Lipinski definition) is 3. The van der Waals surface area contributed by atoms with Gasteiger partial charge in [0.1, 0.15) is 11.6 Å². The minimum Gasteiger partial charge on any atom is -0.368 e. The predicted octanol–water partition coefficient (Wildman–Crippen LogP) is 3.83. The van der Waals surface area contributed by atoms with Crippen molar-refractivity contribution in [3.63, 3.8) is 0 Å². The maximum absolute atomic E-state index is 13.7. The molecule has 0 saturated heterocycles. The van der Waals surface area contributed by atoms with E-state index in [9.17, 15) is 14.4 Å². The van der Waals surface area contributed by atoms with Crippen molar-refractivity contribution in [1.29, 1.82) is 0 Å². The van der Waals surface area contributed by atoms with E-state index in [-0.39, 0.29) is 17.7 Å². The summed E-state index contributed by atoms with van der Waals surface area (Å²) in [6, 6.07) is 22.3. The first kappa shape index (κ1) is 25.5. The van der Waals surface area contributed by atoms with Crippen LogP contribution in [0.3, 0.4) is 0 Å². The number of nitrogens with one attached hydrogen (secondary N) is 2. The molecule has 3 aromatic carbocycles. The van der Waals surface area contributed by atoms with Gasteiger partial charge in [-0.3, -0.25) is 14.4 Å². The molecule has 0 radical (unpaired) electrons. The molecule has 7 heteroatoms. The zero-order valence-electron chi connectivity index (χ0n) is 22.1. The lowest BCUT2D eigenvalue weighted by atomic mass is 9.78. The lowest BCUT2D eigenvalue weighted by molar-refractivity contribution is -0.136. The summed E-state index contributed by atoms with van der Waals surface area (Å²) in [5.41, 5.74) is 8.93. The average Bonchev–Trinajstić information content (AvgIpc) is 3.18. The van der Waals surface area contributed by atoms with Gasteiger partial charge in [-0.15, -0.1) is 0 Å². The van der Waals surface area contributed by atoms with Gasteiger partial charge in [-0.05, 0) is 52.8 Å². The summed E-state index contributed by atoms with van der Waals surface area (Å²) in [6.45, 7) is 5.79. The summed E-state index contributed by atoms with van der Waals surface area (Å²) >= 11 is 0. The van der Waals surface area contributed by atoms with Gasteiger partial charge in [-0.25, -0.2) is 0 Å². The molecule has 0 spiro atoms. The van der Waals surface area contributed by atoms with Crippen molar-refractivity contribution in [2.24, 2.45) is 11.7 Å². The Morgan fingerprint density at radius 1 is 1.00 bits per heavy atom. The molecule has 38 heavy (non-hydrogen) atoms. The first-order chi connectivity index (χ1) is 18.2. The Morgan fingerprint density at radius 2 is 1.71 bits per heavy atom. The number of nitrogens with two attached hydrogens (primary N) is 1. The predicted molar refractivity (Wildman–Crippen MR) is 150 cm³/mol. The maximum atomic E-state index is 13.7. The fourth-order valence-electron chi connectivity index (χ4n) is 5.87. The third-order valence-electron chi connectivity index (χ3n) is 7.73. The number of rotatable bonds is 7. The quantitative estimate of drug-likeness (QED) is 0.352. The van der Waals surface area contributed by atoms with Gasteiger partial charge in [-0.1, -0.05) is 68.4 Å². The van der Waals surface area contributed by atoms with Crippen LogP contribution in [-0.4, -0.2) is 33.9 Å². The molecule has 1 aliphatic rings. The minimum atomic E-state index is -1.17. The molecular formula is C31H34N4O3. The third kappa shape index (κ3) is 4.64. The summed E-state index contributed by atoms with van der Waals surface area (Å²) in [6.07, 6.45) is 1.36. The van der Waals surface area contributed by atoms with E-state index in [1.54, 1.807) is 0 Å². The van der Waals surface area contributed by atoms with Crippen molar-refractivity contribution in [2.75, 3.05) is 0 Å². The van der Waals surface area contributed by atoms with Crippen molar-refractivity contribution in [1.82, 2.24) is 15.2 Å². The summed E-state index contributed by atoms with van der Waals surface area (Å²) in [4.78, 5) is 38.1. The van der Waals surface area contributed by atoms with Crippen molar-refractivity contribution >= 4 is 39.4 Å². The molecule has 2 atom stereocenters. The molecule has 1 heterocycles. The standard InChI is InChI=1S/C31H34N4O3/c1-19(2)28(29(32)37)33-30(38)31(34-20(3)36)15-14-27-25(17-31)24-10-6-7-11-26(24)35(27)18-21-12-13-22-8-4-5-9-23(22)16-21/h4-13,16,19,28H,14-15,17-18H2,1-3H3,(H2,32,37)(H,33,38)(H,34,36)/t28-,31-/m0/s1. The number of aromatic nitrogens is 1. The van der Waals surface area contributed by atoms with Crippen LogP contribution in [0, 0.1) is 5.92 Å². The highest BCUT2D eigenvalue weighted by molar-refractivity contribution is 5.96. The molecule has 4 N–H and O–H groups in total. The van der Waals surface area contributed by atoms with Crippen LogP contribution in [0.25, 0.3) is 21.7 Å². The Balaban J connectivity index is 1.55. The van der Waals surface area contributed by atoms with E-state index in [1.807, 2.05) is 38.1 Å². The van der Waals surface area contributed by atoms with Crippen LogP contribution in [0.5, 0.6) is 0 Å². The lowest BCUT2D eigenvalue weighted by Gasteiger charge is -2.38. The molecule has 0 unspecified atom stereocenters. The average molecular weight is 511 g/mol. The second-order valence-corrected chi connectivity index (χ2v) is 10.7. The van der Waals surface area contributed by atoms with E-state index in [4.69, 9.17) is 5.73 Å². The van der Waals surface area contributed by atoms with Gasteiger partial charge in [0.2, 0.25) is 17.7 Å². The van der Waals surface area contributed by atoms with Gasteiger partial charge in [0.05, 0.1) is 0 Å². The zero-order chi connectivity index (χ0) is 27.0. The Kier molecular flexibility index (Phi) is 6.69. The van der Waals surface area contributed by atoms with Crippen molar-refractivity contribution in [3.8, 4) is 0 Å². The van der Waals surface area contributed by atoms with Gasteiger partial charge in [0.25, 0.3) is 0 Å². The number of benzene rings is 3. The number of primary amides is 1. The van der Waals surface area contributed by atoms with Crippen LogP contribution >= 0.6 is 0 Å². The summed E-state index contributed by atoms with van der Waals surface area (Å²) in [5, 5.41) is 9.27. The number of hydrogen-bond acceptors (Lipinski definition) is 3. The number of carbonyl (C=O) groups is 3. The third-order valence-corrected chi connectivity index (χ3v) is 7.73. The van der Waals surface area contributed by atoms with Gasteiger partial charge in [-0.2, -0.15) is 0 Å². The van der Waals surface area contributed by atoms with E-state index in [0.717, 1.165) is 16.5 Å². The monoisotopic (exact) mass is 510 g/mol. The number of amides is 3. The molecule has 7 nitrogen and oxygen atoms in total. The number of carbonyl (C=O) groups excluding carboxylic acids is 3. The number of nitrogens with zero attached hydrogens (tertiary/aromatic N) is 1. The van der Waals surface area contributed by atoms with Gasteiger partial charge in [0.15, 0.2) is 0 Å². The topological polar surface area (TPSA) is 106 Å². The van der Waals surface area contributed by atoms with E-state index in [1.165, 1.54) is 29.0 Å². The number of para-hydroxylation sites is 1. The fourth-order valence-corrected chi connectivity index (χ4v) is 5.87. The van der Waals surface area contributed by atoms with Crippen molar-refractivity contribution in [3.05, 3.63) is 83.6 Å². The molecular weight excluding hydrogens is 476 g/mol. The van der Waals surface area contributed by atoms with Crippen LogP contribution in [0.2, 0.25) is 0 Å². The second kappa shape index (κ2) is 9.97. The highest BCUT2D eigenvalue weighted by Crippen LogP contribution is 2.37. The summed E-state index contributed by atoms with van der Waals surface area (Å²) in [5.74, 6) is -1.42. The van der Waals surface area contributed by atoms with Gasteiger partial charge in [0, 0.05) is 36.5 Å². The van der Waals surface area contributed by atoms with E-state index < -0.39 is 17.5 Å². The molecule has 0 saturated carbocycles. The van der Waals surface area contributed by atoms with Crippen molar-refractivity contribution in [2.45, 2.75) is 58.2 Å². The molecule has 196 valence electrons. The maximum Gasteiger partial charge on any atom is 0.246 e. The summed E-state index contributed by atoms with van der Waals surface area (Å²) < 4.78 is 2.34. The first-order valence-corrected chi connectivity index (χ1v) is 13.1. The Bertz CT molecular complexity index is 1550. The van der Waals surface area contributed by atoms with Crippen molar-refractivity contribution < 1.29 is 14.4 Å². The molecule has 4 aromatic rings. The zero-order valence-corrected chi connectivity index (χ0v) is 22.1. The number of fused-ring (bicyclic) bond motifs is 4. The van der Waals surface area contributed by atoms with E-state index in [2.05, 4.69) is 57.7 Å². The highest BCUT2D eigenvalue weighted by Gasteiger charge is 2.45. The smallest absolute Gasteiger partial charge is 0.246 e. The Morgan fingerprint density at radius 3 is 2.42 bits per heavy atom. The van der Waals surface area contributed by atoms with Crippen LogP contribution in [-0.2, 0) is 33.8 Å². The molecule has 0 bridgehead atoms. The molecule has 1 aromatic heterocycles. The molecule has 1 aliphatic carbocycles. The summed E-state index contributed by atoms with van der Waals surface area (Å²) in [7, 11) is 0. The van der Waals surface area contributed by atoms with Gasteiger partial charge < -0.3 is 20.9 Å². The molecule has 3 amide bonds. The van der Waals surface area contributed by atoms with E-state index >= 15 is 0 Å². The molecule has 0 aliphatic heterocycles. The minimum absolute atomic E-state index is 0.172.